The predicted octanol–water partition coefficient (Wildman–Crippen LogP) is 0.825. The molecule has 0 radical (unpaired) electrons. The molecule has 0 amide bonds. The molecule has 1 saturated heterocycles. The molecule has 7 heteroatoms. The monoisotopic (exact) mass is 386 g/mol. The molecule has 1 rings (SSSR count). The van der Waals surface area contributed by atoms with E-state index in [1.165, 1.54) is 0 Å². The Hall–Kier alpha value is -0.410. The second kappa shape index (κ2) is 8.01. The number of esters is 2. The van der Waals surface area contributed by atoms with Crippen LogP contribution in [0.2, 0.25) is 0 Å². The fourth-order valence-electron chi connectivity index (χ4n) is 1.89. The first-order valence-corrected chi connectivity index (χ1v) is 7.56. The fraction of sp³-hybridized carbons (Fsp3) is 0.833. The van der Waals surface area contributed by atoms with Crippen LogP contribution in [0.4, 0.5) is 0 Å². The highest BCUT2D eigenvalue weighted by Crippen LogP contribution is 2.28. The molecule has 0 aromatic rings. The van der Waals surface area contributed by atoms with E-state index in [0.717, 1.165) is 0 Å². The van der Waals surface area contributed by atoms with Crippen LogP contribution in [0.25, 0.3) is 0 Å². The summed E-state index contributed by atoms with van der Waals surface area (Å²) in [5.41, 5.74) is 0. The summed E-state index contributed by atoms with van der Waals surface area (Å²) < 4.78 is 14.8. The van der Waals surface area contributed by atoms with E-state index >= 15 is 0 Å². The van der Waals surface area contributed by atoms with Gasteiger partial charge in [0.05, 0.1) is 25.4 Å². The number of rotatable bonds is 6. The molecule has 1 heterocycles. The van der Waals surface area contributed by atoms with Gasteiger partial charge >= 0.3 is 11.9 Å². The zero-order valence-electron chi connectivity index (χ0n) is 11.0. The van der Waals surface area contributed by atoms with E-state index in [2.05, 4.69) is 0 Å². The molecule has 0 aliphatic carbocycles. The van der Waals surface area contributed by atoms with Crippen LogP contribution in [-0.2, 0) is 23.8 Å². The average Bonchev–Trinajstić information content (AvgIpc) is 2.87. The molecule has 0 bridgehead atoms. The zero-order chi connectivity index (χ0) is 14.4. The molecular weight excluding hydrogens is 367 g/mol. The van der Waals surface area contributed by atoms with Crippen molar-refractivity contribution in [1.29, 1.82) is 0 Å². The number of carbonyl (C=O) groups excluding carboxylic acids is 2. The van der Waals surface area contributed by atoms with Crippen molar-refractivity contribution < 1.29 is 28.9 Å². The molecule has 0 spiro atoms. The first-order chi connectivity index (χ1) is 9.01. The molecule has 19 heavy (non-hydrogen) atoms. The van der Waals surface area contributed by atoms with Crippen LogP contribution in [0.3, 0.4) is 0 Å². The highest BCUT2D eigenvalue weighted by Gasteiger charge is 2.40. The van der Waals surface area contributed by atoms with Crippen molar-refractivity contribution in [3.63, 3.8) is 0 Å². The van der Waals surface area contributed by atoms with Crippen LogP contribution in [0.1, 0.15) is 26.7 Å². The van der Waals surface area contributed by atoms with Crippen molar-refractivity contribution in [3.8, 4) is 0 Å². The van der Waals surface area contributed by atoms with Gasteiger partial charge in [-0.2, -0.15) is 0 Å². The summed E-state index contributed by atoms with van der Waals surface area (Å²) in [6.45, 7) is 3.94. The molecule has 1 fully saturated rings. The maximum atomic E-state index is 11.6. The Morgan fingerprint density at radius 2 is 1.74 bits per heavy atom. The lowest BCUT2D eigenvalue weighted by molar-refractivity contribution is -0.161. The zero-order valence-corrected chi connectivity index (χ0v) is 13.2. The second-order valence-corrected chi connectivity index (χ2v) is 5.48. The second-order valence-electron chi connectivity index (χ2n) is 4.14. The lowest BCUT2D eigenvalue weighted by atomic mass is 10.1. The minimum Gasteiger partial charge on any atom is -0.465 e. The third kappa shape index (κ3) is 4.57. The number of ether oxygens (including phenoxy) is 3. The van der Waals surface area contributed by atoms with Gasteiger partial charge < -0.3 is 19.3 Å². The number of aliphatic hydroxyl groups excluding tert-OH is 1. The maximum Gasteiger partial charge on any atom is 0.337 e. The van der Waals surface area contributed by atoms with Crippen molar-refractivity contribution in [1.82, 2.24) is 0 Å². The minimum atomic E-state index is -1.30. The lowest BCUT2D eigenvalue weighted by Crippen LogP contribution is -2.37. The molecule has 6 nitrogen and oxygen atoms in total. The summed E-state index contributed by atoms with van der Waals surface area (Å²) in [7, 11) is 0. The van der Waals surface area contributed by atoms with Crippen molar-refractivity contribution >= 4 is 34.5 Å². The Morgan fingerprint density at radius 3 is 2.32 bits per heavy atom. The van der Waals surface area contributed by atoms with Crippen LogP contribution < -0.4 is 0 Å². The van der Waals surface area contributed by atoms with Gasteiger partial charge in [-0.25, -0.2) is 4.79 Å². The largest absolute Gasteiger partial charge is 0.465 e. The average molecular weight is 386 g/mol. The standard InChI is InChI=1S/C12H19IO6/c1-3-17-11(15)9(13)7-5-6-8(19-7)10(14)12(16)18-4-2/h7-10,14H,3-6H2,1-2H3/t7-,8-,9+,10+/m1/s1. The highest BCUT2D eigenvalue weighted by molar-refractivity contribution is 14.1. The summed E-state index contributed by atoms with van der Waals surface area (Å²) in [5, 5.41) is 9.77. The van der Waals surface area contributed by atoms with Crippen LogP contribution >= 0.6 is 22.6 Å². The number of hydrogen-bond acceptors (Lipinski definition) is 6. The van der Waals surface area contributed by atoms with Gasteiger partial charge in [0.15, 0.2) is 6.10 Å². The fourth-order valence-corrected chi connectivity index (χ4v) is 2.60. The van der Waals surface area contributed by atoms with Gasteiger partial charge in [0, 0.05) is 0 Å². The van der Waals surface area contributed by atoms with Gasteiger partial charge in [0.1, 0.15) is 3.92 Å². The van der Waals surface area contributed by atoms with E-state index in [0.29, 0.717) is 19.4 Å². The minimum absolute atomic E-state index is 0.212. The van der Waals surface area contributed by atoms with E-state index in [1.807, 2.05) is 22.6 Å². The van der Waals surface area contributed by atoms with Crippen LogP contribution in [0, 0.1) is 0 Å². The Kier molecular flexibility index (Phi) is 7.01. The van der Waals surface area contributed by atoms with Crippen molar-refractivity contribution in [3.05, 3.63) is 0 Å². The number of alkyl halides is 1. The smallest absolute Gasteiger partial charge is 0.337 e. The maximum absolute atomic E-state index is 11.6. The van der Waals surface area contributed by atoms with Crippen molar-refractivity contribution in [2.75, 3.05) is 13.2 Å². The Labute approximate surface area is 125 Å². The molecule has 0 aromatic carbocycles. The summed E-state index contributed by atoms with van der Waals surface area (Å²) in [6, 6.07) is 0. The first-order valence-electron chi connectivity index (χ1n) is 6.32. The first kappa shape index (κ1) is 16.6. The van der Waals surface area contributed by atoms with Gasteiger partial charge in [0.2, 0.25) is 0 Å². The predicted molar refractivity (Wildman–Crippen MR) is 75.0 cm³/mol. The summed E-state index contributed by atoms with van der Waals surface area (Å²) in [6.07, 6.45) is -1.13. The molecular formula is C12H19IO6. The van der Waals surface area contributed by atoms with E-state index < -0.39 is 22.1 Å². The molecule has 1 aliphatic heterocycles. The number of halogens is 1. The van der Waals surface area contributed by atoms with Crippen molar-refractivity contribution in [2.24, 2.45) is 0 Å². The molecule has 4 atom stereocenters. The topological polar surface area (TPSA) is 82.1 Å². The summed E-state index contributed by atoms with van der Waals surface area (Å²) in [5.74, 6) is -1.02. The van der Waals surface area contributed by atoms with Crippen molar-refractivity contribution in [2.45, 2.75) is 48.9 Å². The molecule has 1 N–H and O–H groups in total. The summed E-state index contributed by atoms with van der Waals surface area (Å²) in [4.78, 5) is 23.0. The number of aliphatic hydroxyl groups is 1. The Bertz CT molecular complexity index is 291. The Morgan fingerprint density at radius 1 is 1.21 bits per heavy atom. The SMILES string of the molecule is CCOC(=O)[C@@H](O)[C@H]1CC[C@H]([C@H](I)C(=O)OCC)O1. The Balaban J connectivity index is 2.49. The van der Waals surface area contributed by atoms with E-state index in [4.69, 9.17) is 14.2 Å². The molecule has 0 saturated carbocycles. The van der Waals surface area contributed by atoms with Gasteiger partial charge in [-0.3, -0.25) is 4.79 Å². The normalized spacial score (nSPS) is 25.7. The van der Waals surface area contributed by atoms with E-state index in [-0.39, 0.29) is 18.7 Å². The van der Waals surface area contributed by atoms with Crippen LogP contribution in [0.5, 0.6) is 0 Å². The van der Waals surface area contributed by atoms with Crippen LogP contribution in [-0.4, -0.2) is 52.5 Å². The highest BCUT2D eigenvalue weighted by atomic mass is 127. The number of hydrogen-bond donors (Lipinski definition) is 1. The third-order valence-corrected chi connectivity index (χ3v) is 4.11. The lowest BCUT2D eigenvalue weighted by Gasteiger charge is -2.20. The van der Waals surface area contributed by atoms with Gasteiger partial charge in [-0.05, 0) is 26.7 Å². The molecule has 1 aliphatic rings. The van der Waals surface area contributed by atoms with Gasteiger partial charge in [-0.15, -0.1) is 0 Å². The molecule has 0 aromatic heterocycles. The van der Waals surface area contributed by atoms with Crippen LogP contribution in [0.15, 0.2) is 0 Å². The van der Waals surface area contributed by atoms with Gasteiger partial charge in [-0.1, -0.05) is 22.6 Å². The molecule has 110 valence electrons. The summed E-state index contributed by atoms with van der Waals surface area (Å²) >= 11 is 1.96. The molecule has 0 unspecified atom stereocenters. The van der Waals surface area contributed by atoms with E-state index in [9.17, 15) is 14.7 Å². The quantitative estimate of drug-likeness (QED) is 0.414. The van der Waals surface area contributed by atoms with E-state index in [1.54, 1.807) is 13.8 Å². The number of carbonyl (C=O) groups is 2. The van der Waals surface area contributed by atoms with Gasteiger partial charge in [0.25, 0.3) is 0 Å². The third-order valence-electron chi connectivity index (χ3n) is 2.80.